The van der Waals surface area contributed by atoms with Crippen molar-refractivity contribution >= 4 is 11.8 Å². The summed E-state index contributed by atoms with van der Waals surface area (Å²) in [5.41, 5.74) is 3.18. The maximum atomic E-state index is 3.78. The molecular weight excluding hydrogens is 274 g/mol. The van der Waals surface area contributed by atoms with Crippen molar-refractivity contribution in [1.29, 1.82) is 0 Å². The quantitative estimate of drug-likeness (QED) is 0.657. The van der Waals surface area contributed by atoms with Crippen molar-refractivity contribution < 1.29 is 0 Å². The van der Waals surface area contributed by atoms with E-state index in [9.17, 15) is 0 Å². The lowest BCUT2D eigenvalue weighted by molar-refractivity contribution is 0.413. The molecule has 118 valence electrons. The average molecular weight is 306 g/mol. The zero-order valence-corrected chi connectivity index (χ0v) is 14.7. The van der Waals surface area contributed by atoms with Crippen molar-refractivity contribution in [1.82, 2.24) is 5.32 Å². The molecule has 0 aromatic heterocycles. The molecule has 0 amide bonds. The van der Waals surface area contributed by atoms with E-state index in [1.165, 1.54) is 37.2 Å². The maximum Gasteiger partial charge on any atom is 0.0414 e. The van der Waals surface area contributed by atoms with Crippen LogP contribution in [0.5, 0.6) is 0 Å². The Labute approximate surface area is 135 Å². The molecule has 1 aromatic carbocycles. The molecule has 1 fully saturated rings. The van der Waals surface area contributed by atoms with E-state index in [0.29, 0.717) is 6.04 Å². The van der Waals surface area contributed by atoms with Crippen LogP contribution in [-0.2, 0) is 0 Å². The van der Waals surface area contributed by atoms with Gasteiger partial charge in [0.05, 0.1) is 0 Å². The van der Waals surface area contributed by atoms with E-state index in [4.69, 9.17) is 0 Å². The Balaban J connectivity index is 2.07. The highest BCUT2D eigenvalue weighted by Crippen LogP contribution is 2.40. The summed E-state index contributed by atoms with van der Waals surface area (Å²) in [5, 5.41) is 3.78. The minimum absolute atomic E-state index is 0.519. The summed E-state index contributed by atoms with van der Waals surface area (Å²) in [6, 6.07) is 9.68. The van der Waals surface area contributed by atoms with Crippen LogP contribution in [-0.4, -0.2) is 18.1 Å². The maximum absolute atomic E-state index is 3.78. The first-order valence-electron chi connectivity index (χ1n) is 8.62. The van der Waals surface area contributed by atoms with E-state index in [2.05, 4.69) is 62.1 Å². The van der Waals surface area contributed by atoms with Gasteiger partial charge in [0, 0.05) is 11.8 Å². The van der Waals surface area contributed by atoms with Gasteiger partial charge in [0.25, 0.3) is 0 Å². The van der Waals surface area contributed by atoms with Gasteiger partial charge in [-0.05, 0) is 54.5 Å². The van der Waals surface area contributed by atoms with Gasteiger partial charge in [-0.15, -0.1) is 0 Å². The molecule has 0 aliphatic heterocycles. The molecule has 2 heteroatoms. The molecule has 0 heterocycles. The lowest BCUT2D eigenvalue weighted by Gasteiger charge is -2.31. The van der Waals surface area contributed by atoms with Gasteiger partial charge >= 0.3 is 0 Å². The molecule has 0 spiro atoms. The topological polar surface area (TPSA) is 12.0 Å². The van der Waals surface area contributed by atoms with Gasteiger partial charge in [0.2, 0.25) is 0 Å². The Kier molecular flexibility index (Phi) is 7.12. The van der Waals surface area contributed by atoms with E-state index < -0.39 is 0 Å². The molecule has 1 unspecified atom stereocenters. The number of benzene rings is 1. The minimum Gasteiger partial charge on any atom is -0.309 e. The summed E-state index contributed by atoms with van der Waals surface area (Å²) >= 11 is 2.10. The summed E-state index contributed by atoms with van der Waals surface area (Å²) in [7, 11) is 0. The Hall–Kier alpha value is -0.470. The summed E-state index contributed by atoms with van der Waals surface area (Å²) in [6.07, 6.45) is 5.39. The second kappa shape index (κ2) is 8.85. The molecule has 1 aliphatic rings. The van der Waals surface area contributed by atoms with Gasteiger partial charge in [-0.25, -0.2) is 0 Å². The largest absolute Gasteiger partial charge is 0.309 e. The van der Waals surface area contributed by atoms with Crippen LogP contribution in [0.2, 0.25) is 0 Å². The highest BCUT2D eigenvalue weighted by atomic mass is 32.2. The second-order valence-electron chi connectivity index (χ2n) is 6.69. The molecule has 21 heavy (non-hydrogen) atoms. The Morgan fingerprint density at radius 1 is 1.19 bits per heavy atom. The molecule has 1 N–H and O–H groups in total. The Morgan fingerprint density at radius 2 is 1.95 bits per heavy atom. The molecule has 1 saturated carbocycles. The third-order valence-electron chi connectivity index (χ3n) is 4.29. The lowest BCUT2D eigenvalue weighted by Crippen LogP contribution is -2.26. The molecule has 1 nitrogen and oxygen atoms in total. The summed E-state index contributed by atoms with van der Waals surface area (Å²) in [4.78, 5) is 0. The predicted octanol–water partition coefficient (Wildman–Crippen LogP) is 5.38. The summed E-state index contributed by atoms with van der Waals surface area (Å²) < 4.78 is 0. The number of nitrogens with one attached hydrogen (secondary N) is 1. The molecule has 0 bridgehead atoms. The number of rotatable bonds is 9. The van der Waals surface area contributed by atoms with Gasteiger partial charge < -0.3 is 5.32 Å². The summed E-state index contributed by atoms with van der Waals surface area (Å²) in [6.45, 7) is 7.99. The van der Waals surface area contributed by atoms with Crippen LogP contribution in [0, 0.1) is 5.92 Å². The van der Waals surface area contributed by atoms with Crippen molar-refractivity contribution in [2.45, 2.75) is 58.4 Å². The monoisotopic (exact) mass is 305 g/mol. The fourth-order valence-corrected chi connectivity index (χ4v) is 4.06. The minimum atomic E-state index is 0.519. The van der Waals surface area contributed by atoms with Crippen molar-refractivity contribution in [3.8, 4) is 0 Å². The zero-order valence-electron chi connectivity index (χ0n) is 13.9. The van der Waals surface area contributed by atoms with Crippen LogP contribution in [0.1, 0.15) is 69.5 Å². The molecule has 0 radical (unpaired) electrons. The molecule has 0 saturated heterocycles. The van der Waals surface area contributed by atoms with Gasteiger partial charge in [-0.3, -0.25) is 0 Å². The molecular formula is C19H31NS. The van der Waals surface area contributed by atoms with Crippen LogP contribution >= 0.6 is 11.8 Å². The van der Waals surface area contributed by atoms with Crippen molar-refractivity contribution in [2.75, 3.05) is 18.1 Å². The van der Waals surface area contributed by atoms with Gasteiger partial charge in [0.1, 0.15) is 0 Å². The van der Waals surface area contributed by atoms with Crippen molar-refractivity contribution in [2.24, 2.45) is 5.92 Å². The third kappa shape index (κ3) is 5.03. The van der Waals surface area contributed by atoms with Crippen LogP contribution in [0.15, 0.2) is 24.3 Å². The molecule has 1 aliphatic carbocycles. The Bertz CT molecular complexity index is 412. The molecule has 1 aromatic rings. The number of hydrogen-bond acceptors (Lipinski definition) is 2. The number of hydrogen-bond donors (Lipinski definition) is 1. The van der Waals surface area contributed by atoms with E-state index in [1.54, 1.807) is 11.1 Å². The van der Waals surface area contributed by atoms with Crippen LogP contribution in [0.25, 0.3) is 0 Å². The smallest absolute Gasteiger partial charge is 0.0414 e. The predicted molar refractivity (Wildman–Crippen MR) is 96.2 cm³/mol. The highest BCUT2D eigenvalue weighted by molar-refractivity contribution is 7.99. The van der Waals surface area contributed by atoms with Crippen LogP contribution in [0.3, 0.4) is 0 Å². The van der Waals surface area contributed by atoms with E-state index in [1.807, 2.05) is 0 Å². The first-order chi connectivity index (χ1) is 10.2. The molecule has 2 rings (SSSR count). The van der Waals surface area contributed by atoms with Crippen LogP contribution < -0.4 is 5.32 Å². The fraction of sp³-hybridized carbons (Fsp3) is 0.684. The van der Waals surface area contributed by atoms with Gasteiger partial charge in [-0.2, -0.15) is 11.8 Å². The van der Waals surface area contributed by atoms with Crippen molar-refractivity contribution in [3.63, 3.8) is 0 Å². The van der Waals surface area contributed by atoms with Gasteiger partial charge in [-0.1, -0.05) is 51.5 Å². The van der Waals surface area contributed by atoms with E-state index in [-0.39, 0.29) is 0 Å². The second-order valence-corrected chi connectivity index (χ2v) is 7.77. The van der Waals surface area contributed by atoms with E-state index >= 15 is 0 Å². The Morgan fingerprint density at radius 3 is 2.57 bits per heavy atom. The molecule has 1 atom stereocenters. The van der Waals surface area contributed by atoms with Crippen molar-refractivity contribution in [3.05, 3.63) is 35.4 Å². The third-order valence-corrected chi connectivity index (χ3v) is 5.76. The summed E-state index contributed by atoms with van der Waals surface area (Å²) in [5.74, 6) is 4.06. The fourth-order valence-electron chi connectivity index (χ4n) is 2.92. The standard InChI is InChI=1S/C19H31NS/c1-4-12-20-19(14-21-13-15(2)3)18-11-6-5-10-17(18)16-8-7-9-16/h5-6,10-11,15-16,19-20H,4,7-9,12-14H2,1-3H3. The first kappa shape index (κ1) is 16.9. The normalized spacial score (nSPS) is 17.0. The SMILES string of the molecule is CCCNC(CSCC(C)C)c1ccccc1C1CCC1. The average Bonchev–Trinajstić information content (AvgIpc) is 2.41. The van der Waals surface area contributed by atoms with Crippen LogP contribution in [0.4, 0.5) is 0 Å². The highest BCUT2D eigenvalue weighted by Gasteiger charge is 2.24. The zero-order chi connectivity index (χ0) is 15.1. The van der Waals surface area contributed by atoms with E-state index in [0.717, 1.165) is 18.4 Å². The van der Waals surface area contributed by atoms with Gasteiger partial charge in [0.15, 0.2) is 0 Å². The lowest BCUT2D eigenvalue weighted by atomic mass is 9.77. The number of thioether (sulfide) groups is 1. The first-order valence-corrected chi connectivity index (χ1v) is 9.77.